The largest absolute Gasteiger partial charge is 0.497 e. The van der Waals surface area contributed by atoms with Gasteiger partial charge in [0.15, 0.2) is 0 Å². The van der Waals surface area contributed by atoms with Crippen LogP contribution in [0.3, 0.4) is 0 Å². The normalized spacial score (nSPS) is 11.6. The van der Waals surface area contributed by atoms with E-state index in [0.29, 0.717) is 22.8 Å². The van der Waals surface area contributed by atoms with E-state index in [1.807, 2.05) is 18.2 Å². The Morgan fingerprint density at radius 3 is 2.49 bits per heavy atom. The number of methoxy groups -OCH3 is 1. The minimum absolute atomic E-state index is 0.0124. The fourth-order valence-electron chi connectivity index (χ4n) is 3.61. The molecule has 2 aromatic carbocycles. The molecule has 0 fully saturated rings. The van der Waals surface area contributed by atoms with Gasteiger partial charge in [-0.2, -0.15) is 10.2 Å². The average molecular weight is 495 g/mol. The third-order valence-corrected chi connectivity index (χ3v) is 5.65. The lowest BCUT2D eigenvalue weighted by Gasteiger charge is -2.19. The molecule has 0 saturated heterocycles. The van der Waals surface area contributed by atoms with Crippen molar-refractivity contribution in [3.8, 4) is 23.4 Å². The number of hydrogen-bond acceptors (Lipinski definition) is 6. The van der Waals surface area contributed by atoms with E-state index in [1.54, 1.807) is 60.8 Å². The number of fused-ring (bicyclic) bond motifs is 1. The van der Waals surface area contributed by atoms with Crippen LogP contribution in [0, 0.1) is 11.3 Å². The zero-order valence-electron chi connectivity index (χ0n) is 21.0. The minimum Gasteiger partial charge on any atom is -0.497 e. The number of anilines is 1. The van der Waals surface area contributed by atoms with E-state index >= 15 is 0 Å². The first-order valence-electron chi connectivity index (χ1n) is 11.6. The Bertz CT molecular complexity index is 1590. The van der Waals surface area contributed by atoms with Crippen molar-refractivity contribution in [2.75, 3.05) is 12.4 Å². The van der Waals surface area contributed by atoms with Crippen molar-refractivity contribution >= 4 is 23.3 Å². The van der Waals surface area contributed by atoms with Crippen molar-refractivity contribution < 1.29 is 14.3 Å². The van der Waals surface area contributed by atoms with Gasteiger partial charge in [-0.3, -0.25) is 14.0 Å². The van der Waals surface area contributed by atoms with Gasteiger partial charge in [0.25, 0.3) is 11.5 Å². The number of ether oxygens (including phenoxy) is 2. The molecule has 1 N–H and O–H groups in total. The zero-order valence-corrected chi connectivity index (χ0v) is 21.0. The highest BCUT2D eigenvalue weighted by molar-refractivity contribution is 6.09. The van der Waals surface area contributed by atoms with Crippen LogP contribution >= 0.6 is 0 Å². The van der Waals surface area contributed by atoms with E-state index in [1.165, 1.54) is 17.6 Å². The molecule has 0 aliphatic heterocycles. The Morgan fingerprint density at radius 2 is 1.81 bits per heavy atom. The van der Waals surface area contributed by atoms with Gasteiger partial charge >= 0.3 is 0 Å². The fourth-order valence-corrected chi connectivity index (χ4v) is 3.61. The molecule has 0 unspecified atom stereocenters. The maximum atomic E-state index is 13.4. The fraction of sp³-hybridized carbons (Fsp3) is 0.172. The summed E-state index contributed by atoms with van der Waals surface area (Å²) in [7, 11) is 1.51. The molecule has 0 saturated carbocycles. The number of aromatic nitrogens is 2. The third kappa shape index (κ3) is 5.68. The lowest BCUT2D eigenvalue weighted by atomic mass is 9.87. The Morgan fingerprint density at radius 1 is 1.05 bits per heavy atom. The quantitative estimate of drug-likeness (QED) is 0.287. The van der Waals surface area contributed by atoms with Crippen LogP contribution in [0.4, 0.5) is 5.69 Å². The maximum absolute atomic E-state index is 13.4. The van der Waals surface area contributed by atoms with Gasteiger partial charge < -0.3 is 14.8 Å². The first kappa shape index (κ1) is 25.2. The Balaban J connectivity index is 1.76. The number of nitriles is 1. The van der Waals surface area contributed by atoms with Crippen LogP contribution < -0.4 is 20.3 Å². The van der Waals surface area contributed by atoms with Gasteiger partial charge in [-0.25, -0.2) is 0 Å². The highest BCUT2D eigenvalue weighted by Gasteiger charge is 2.18. The number of benzene rings is 2. The predicted octanol–water partition coefficient (Wildman–Crippen LogP) is 5.34. The molecule has 8 heteroatoms. The van der Waals surface area contributed by atoms with E-state index in [0.717, 1.165) is 5.56 Å². The lowest BCUT2D eigenvalue weighted by molar-refractivity contribution is -0.112. The first-order chi connectivity index (χ1) is 17.7. The lowest BCUT2D eigenvalue weighted by Crippen LogP contribution is -2.20. The number of nitrogens with zero attached hydrogens (tertiary/aromatic N) is 3. The molecule has 2 heterocycles. The number of carbonyl (C=O) groups excluding carboxylic acids is 1. The topological polar surface area (TPSA) is 106 Å². The third-order valence-electron chi connectivity index (χ3n) is 5.65. The molecule has 4 rings (SSSR count). The van der Waals surface area contributed by atoms with Crippen molar-refractivity contribution in [1.82, 2.24) is 9.38 Å². The summed E-state index contributed by atoms with van der Waals surface area (Å²) in [5.41, 5.74) is 1.09. The van der Waals surface area contributed by atoms with E-state index in [2.05, 4.69) is 31.1 Å². The van der Waals surface area contributed by atoms with Crippen LogP contribution in [-0.2, 0) is 10.2 Å². The van der Waals surface area contributed by atoms with Gasteiger partial charge in [-0.1, -0.05) is 45.0 Å². The minimum atomic E-state index is -0.686. The molecular weight excluding hydrogens is 468 g/mol. The molecule has 0 radical (unpaired) electrons. The van der Waals surface area contributed by atoms with Crippen LogP contribution in [0.15, 0.2) is 83.3 Å². The summed E-state index contributed by atoms with van der Waals surface area (Å²) in [5.74, 6) is 0.315. The summed E-state index contributed by atoms with van der Waals surface area (Å²) in [6, 6.07) is 21.2. The molecule has 186 valence electrons. The molecule has 0 atom stereocenters. The van der Waals surface area contributed by atoms with Crippen LogP contribution in [0.1, 0.15) is 31.9 Å². The van der Waals surface area contributed by atoms with Crippen molar-refractivity contribution in [1.29, 1.82) is 5.26 Å². The SMILES string of the molecule is COc1cccc(NC(=O)/C(C#N)=C/c2c(Oc3ccc(C(C)(C)C)cc3)nc3ccccn3c2=O)c1. The molecule has 0 spiro atoms. The van der Waals surface area contributed by atoms with Crippen LogP contribution in [0.5, 0.6) is 17.4 Å². The second kappa shape index (κ2) is 10.4. The van der Waals surface area contributed by atoms with Crippen LogP contribution in [-0.4, -0.2) is 22.4 Å². The molecule has 0 aliphatic carbocycles. The molecule has 2 aromatic heterocycles. The summed E-state index contributed by atoms with van der Waals surface area (Å²) in [6.07, 6.45) is 2.76. The number of nitrogens with one attached hydrogen (secondary N) is 1. The van der Waals surface area contributed by atoms with E-state index in [-0.39, 0.29) is 22.4 Å². The summed E-state index contributed by atoms with van der Waals surface area (Å²) in [4.78, 5) is 30.8. The second-order valence-corrected chi connectivity index (χ2v) is 9.30. The van der Waals surface area contributed by atoms with Crippen molar-refractivity contribution in [3.63, 3.8) is 0 Å². The predicted molar refractivity (Wildman–Crippen MR) is 142 cm³/mol. The molecule has 4 aromatic rings. The molecule has 0 bridgehead atoms. The smallest absolute Gasteiger partial charge is 0.269 e. The van der Waals surface area contributed by atoms with E-state index in [9.17, 15) is 14.9 Å². The monoisotopic (exact) mass is 494 g/mol. The van der Waals surface area contributed by atoms with Gasteiger partial charge in [0.2, 0.25) is 5.88 Å². The van der Waals surface area contributed by atoms with Gasteiger partial charge in [-0.05, 0) is 53.5 Å². The highest BCUT2D eigenvalue weighted by Crippen LogP contribution is 2.28. The van der Waals surface area contributed by atoms with E-state index < -0.39 is 11.5 Å². The Hall–Kier alpha value is -4.90. The molecule has 37 heavy (non-hydrogen) atoms. The molecule has 8 nitrogen and oxygen atoms in total. The van der Waals surface area contributed by atoms with Gasteiger partial charge in [0, 0.05) is 18.0 Å². The van der Waals surface area contributed by atoms with Crippen LogP contribution in [0.25, 0.3) is 11.7 Å². The van der Waals surface area contributed by atoms with Gasteiger partial charge in [-0.15, -0.1) is 0 Å². The highest BCUT2D eigenvalue weighted by atomic mass is 16.5. The molecular formula is C29H26N4O4. The Kier molecular flexibility index (Phi) is 7.07. The summed E-state index contributed by atoms with van der Waals surface area (Å²) in [5, 5.41) is 12.4. The molecule has 1 amide bonds. The first-order valence-corrected chi connectivity index (χ1v) is 11.6. The number of pyridine rings is 1. The summed E-state index contributed by atoms with van der Waals surface area (Å²) >= 11 is 0. The number of hydrogen-bond donors (Lipinski definition) is 1. The molecule has 0 aliphatic rings. The van der Waals surface area contributed by atoms with Crippen molar-refractivity contribution in [2.24, 2.45) is 0 Å². The Labute approximate surface area is 214 Å². The van der Waals surface area contributed by atoms with Crippen LogP contribution in [0.2, 0.25) is 0 Å². The van der Waals surface area contributed by atoms with Gasteiger partial charge in [0.1, 0.15) is 34.4 Å². The van der Waals surface area contributed by atoms with Crippen molar-refractivity contribution in [3.05, 3.63) is 100.0 Å². The van der Waals surface area contributed by atoms with Crippen molar-refractivity contribution in [2.45, 2.75) is 26.2 Å². The number of carbonyl (C=O) groups is 1. The second-order valence-electron chi connectivity index (χ2n) is 9.30. The number of rotatable bonds is 6. The summed E-state index contributed by atoms with van der Waals surface area (Å²) < 4.78 is 12.5. The standard InChI is InChI=1S/C29H26N4O4/c1-29(2,3)20-11-13-22(14-12-20)37-27-24(28(35)33-15-6-5-10-25(33)32-27)16-19(18-30)26(34)31-21-8-7-9-23(17-21)36-4/h5-17H,1-4H3,(H,31,34)/b19-16+. The van der Waals surface area contributed by atoms with E-state index in [4.69, 9.17) is 9.47 Å². The zero-order chi connectivity index (χ0) is 26.6. The summed E-state index contributed by atoms with van der Waals surface area (Å²) in [6.45, 7) is 6.33. The van der Waals surface area contributed by atoms with Gasteiger partial charge in [0.05, 0.1) is 7.11 Å². The average Bonchev–Trinajstić information content (AvgIpc) is 2.88. The number of amides is 1. The maximum Gasteiger partial charge on any atom is 0.269 e.